The van der Waals surface area contributed by atoms with Crippen molar-refractivity contribution in [2.45, 2.75) is 51.7 Å². The van der Waals surface area contributed by atoms with Gasteiger partial charge in [-0.1, -0.05) is 41.9 Å². The molecule has 2 aliphatic heterocycles. The van der Waals surface area contributed by atoms with E-state index in [1.54, 1.807) is 12.1 Å². The zero-order valence-corrected chi connectivity index (χ0v) is 21.7. The van der Waals surface area contributed by atoms with Gasteiger partial charge in [0.1, 0.15) is 11.6 Å². The van der Waals surface area contributed by atoms with E-state index in [4.69, 9.17) is 16.3 Å². The summed E-state index contributed by atoms with van der Waals surface area (Å²) in [6.07, 6.45) is 5.81. The standard InChI is InChI=1S/C31H36ClFN2O/c32-29-5-1-3-26(19-29)22-34-16-12-24(13-17-34)14-18-36-31-11-8-27-4-2-15-35(23-28(27)20-31)21-25-6-9-30(33)10-7-25/h1,3,5-11,19-20,24H,2,4,12-18,21-23H2. The second-order valence-corrected chi connectivity index (χ2v) is 10.8. The normalized spacial score (nSPS) is 17.5. The molecule has 5 heteroatoms. The highest BCUT2D eigenvalue weighted by Crippen LogP contribution is 2.26. The summed E-state index contributed by atoms with van der Waals surface area (Å²) in [6, 6.07) is 21.7. The topological polar surface area (TPSA) is 15.7 Å². The first-order chi connectivity index (χ1) is 17.6. The zero-order valence-electron chi connectivity index (χ0n) is 21.0. The number of nitrogens with zero attached hydrogens (tertiary/aromatic N) is 2. The van der Waals surface area contributed by atoms with Crippen LogP contribution in [0.5, 0.6) is 5.75 Å². The van der Waals surface area contributed by atoms with E-state index in [1.807, 2.05) is 24.3 Å². The van der Waals surface area contributed by atoms with Crippen LogP contribution in [-0.2, 0) is 26.1 Å². The van der Waals surface area contributed by atoms with Crippen LogP contribution in [0, 0.1) is 11.7 Å². The van der Waals surface area contributed by atoms with E-state index in [0.717, 1.165) is 87.4 Å². The molecular weight excluding hydrogens is 471 g/mol. The number of likely N-dealkylation sites (tertiary alicyclic amines) is 1. The summed E-state index contributed by atoms with van der Waals surface area (Å²) >= 11 is 6.14. The van der Waals surface area contributed by atoms with Crippen LogP contribution in [0.1, 0.15) is 47.9 Å². The van der Waals surface area contributed by atoms with Gasteiger partial charge in [-0.2, -0.15) is 0 Å². The third-order valence-electron chi connectivity index (χ3n) is 7.61. The Morgan fingerprint density at radius 2 is 1.64 bits per heavy atom. The lowest BCUT2D eigenvalue weighted by atomic mass is 9.93. The smallest absolute Gasteiger partial charge is 0.123 e. The van der Waals surface area contributed by atoms with Crippen molar-refractivity contribution in [2.24, 2.45) is 5.92 Å². The highest BCUT2D eigenvalue weighted by Gasteiger charge is 2.20. The van der Waals surface area contributed by atoms with E-state index in [1.165, 1.54) is 29.5 Å². The molecule has 0 aromatic heterocycles. The molecule has 3 aromatic rings. The molecule has 0 bridgehead atoms. The quantitative estimate of drug-likeness (QED) is 0.324. The van der Waals surface area contributed by atoms with Crippen molar-refractivity contribution < 1.29 is 9.13 Å². The lowest BCUT2D eigenvalue weighted by molar-refractivity contribution is 0.157. The maximum absolute atomic E-state index is 13.3. The molecule has 2 heterocycles. The Labute approximate surface area is 219 Å². The predicted octanol–water partition coefficient (Wildman–Crippen LogP) is 7.11. The second-order valence-electron chi connectivity index (χ2n) is 10.4. The number of hydrogen-bond acceptors (Lipinski definition) is 3. The molecule has 3 nitrogen and oxygen atoms in total. The fraction of sp³-hybridized carbons (Fsp3) is 0.419. The minimum absolute atomic E-state index is 0.176. The molecule has 0 N–H and O–H groups in total. The molecule has 0 atom stereocenters. The van der Waals surface area contributed by atoms with Crippen LogP contribution >= 0.6 is 11.6 Å². The van der Waals surface area contributed by atoms with E-state index in [0.29, 0.717) is 0 Å². The summed E-state index contributed by atoms with van der Waals surface area (Å²) in [7, 11) is 0. The highest BCUT2D eigenvalue weighted by atomic mass is 35.5. The van der Waals surface area contributed by atoms with Gasteiger partial charge in [0, 0.05) is 24.7 Å². The van der Waals surface area contributed by atoms with Gasteiger partial charge in [0.15, 0.2) is 0 Å². The van der Waals surface area contributed by atoms with Crippen LogP contribution in [-0.4, -0.2) is 36.0 Å². The van der Waals surface area contributed by atoms with Gasteiger partial charge in [0.25, 0.3) is 0 Å². The van der Waals surface area contributed by atoms with Gasteiger partial charge < -0.3 is 4.74 Å². The van der Waals surface area contributed by atoms with Crippen molar-refractivity contribution in [1.29, 1.82) is 0 Å². The molecule has 0 spiro atoms. The van der Waals surface area contributed by atoms with E-state index in [2.05, 4.69) is 40.1 Å². The van der Waals surface area contributed by atoms with Crippen molar-refractivity contribution in [2.75, 3.05) is 26.2 Å². The molecule has 190 valence electrons. The first-order valence-corrected chi connectivity index (χ1v) is 13.7. The van der Waals surface area contributed by atoms with E-state index < -0.39 is 0 Å². The number of benzene rings is 3. The average molecular weight is 507 g/mol. The molecule has 1 fully saturated rings. The van der Waals surface area contributed by atoms with Gasteiger partial charge in [-0.05, 0) is 116 Å². The number of hydrogen-bond donors (Lipinski definition) is 0. The number of piperidine rings is 1. The van der Waals surface area contributed by atoms with Crippen LogP contribution < -0.4 is 4.74 Å². The summed E-state index contributed by atoms with van der Waals surface area (Å²) in [6.45, 7) is 6.85. The van der Waals surface area contributed by atoms with Crippen molar-refractivity contribution in [3.05, 3.63) is 99.8 Å². The van der Waals surface area contributed by atoms with E-state index in [-0.39, 0.29) is 5.82 Å². The Kier molecular flexibility index (Phi) is 8.58. The molecule has 5 rings (SSSR count). The number of rotatable bonds is 8. The van der Waals surface area contributed by atoms with Crippen molar-refractivity contribution in [3.63, 3.8) is 0 Å². The zero-order chi connectivity index (χ0) is 24.7. The third-order valence-corrected chi connectivity index (χ3v) is 7.84. The van der Waals surface area contributed by atoms with Crippen molar-refractivity contribution in [3.8, 4) is 5.75 Å². The van der Waals surface area contributed by atoms with Crippen LogP contribution in [0.4, 0.5) is 4.39 Å². The van der Waals surface area contributed by atoms with Gasteiger partial charge in [-0.25, -0.2) is 4.39 Å². The van der Waals surface area contributed by atoms with Crippen LogP contribution in [0.3, 0.4) is 0 Å². The third kappa shape index (κ3) is 7.09. The number of halogens is 2. The van der Waals surface area contributed by atoms with Gasteiger partial charge in [0.2, 0.25) is 0 Å². The van der Waals surface area contributed by atoms with Crippen LogP contribution in [0.15, 0.2) is 66.7 Å². The molecule has 36 heavy (non-hydrogen) atoms. The Balaban J connectivity index is 1.08. The van der Waals surface area contributed by atoms with Gasteiger partial charge in [-0.3, -0.25) is 9.80 Å². The minimum atomic E-state index is -0.176. The summed E-state index contributed by atoms with van der Waals surface area (Å²) in [5.41, 5.74) is 5.24. The summed E-state index contributed by atoms with van der Waals surface area (Å²) in [4.78, 5) is 4.99. The monoisotopic (exact) mass is 506 g/mol. The lowest BCUT2D eigenvalue weighted by Gasteiger charge is -2.32. The predicted molar refractivity (Wildman–Crippen MR) is 145 cm³/mol. The van der Waals surface area contributed by atoms with E-state index >= 15 is 0 Å². The maximum atomic E-state index is 13.3. The van der Waals surface area contributed by atoms with Crippen LogP contribution in [0.25, 0.3) is 0 Å². The maximum Gasteiger partial charge on any atom is 0.123 e. The Hall–Kier alpha value is -2.40. The molecular formula is C31H36ClFN2O. The number of aryl methyl sites for hydroxylation is 1. The summed E-state index contributed by atoms with van der Waals surface area (Å²) < 4.78 is 19.5. The Morgan fingerprint density at radius 1 is 0.833 bits per heavy atom. The molecule has 3 aromatic carbocycles. The molecule has 0 amide bonds. The minimum Gasteiger partial charge on any atom is -0.494 e. The van der Waals surface area contributed by atoms with Crippen LogP contribution in [0.2, 0.25) is 5.02 Å². The Bertz CT molecular complexity index is 1130. The highest BCUT2D eigenvalue weighted by molar-refractivity contribution is 6.30. The fourth-order valence-corrected chi connectivity index (χ4v) is 5.76. The molecule has 2 aliphatic rings. The Morgan fingerprint density at radius 3 is 2.44 bits per heavy atom. The fourth-order valence-electron chi connectivity index (χ4n) is 5.55. The summed E-state index contributed by atoms with van der Waals surface area (Å²) in [5.74, 6) is 1.54. The second kappa shape index (κ2) is 12.2. The summed E-state index contributed by atoms with van der Waals surface area (Å²) in [5, 5.41) is 0.818. The van der Waals surface area contributed by atoms with Crippen molar-refractivity contribution in [1.82, 2.24) is 9.80 Å². The van der Waals surface area contributed by atoms with E-state index in [9.17, 15) is 4.39 Å². The molecule has 0 aliphatic carbocycles. The molecule has 0 unspecified atom stereocenters. The van der Waals surface area contributed by atoms with Crippen molar-refractivity contribution >= 4 is 11.6 Å². The largest absolute Gasteiger partial charge is 0.494 e. The average Bonchev–Trinajstić information content (AvgIpc) is 3.08. The molecule has 1 saturated heterocycles. The first kappa shape index (κ1) is 25.3. The van der Waals surface area contributed by atoms with Gasteiger partial charge in [0.05, 0.1) is 6.61 Å². The first-order valence-electron chi connectivity index (χ1n) is 13.3. The number of ether oxygens (including phenoxy) is 1. The lowest BCUT2D eigenvalue weighted by Crippen LogP contribution is -2.33. The van der Waals surface area contributed by atoms with Gasteiger partial charge in [-0.15, -0.1) is 0 Å². The van der Waals surface area contributed by atoms with Gasteiger partial charge >= 0.3 is 0 Å². The SMILES string of the molecule is Fc1ccc(CN2CCCc3ccc(OCCC4CCN(Cc5cccc(Cl)c5)CC4)cc3C2)cc1. The number of fused-ring (bicyclic) bond motifs is 1. The molecule has 0 saturated carbocycles. The molecule has 0 radical (unpaired) electrons.